The van der Waals surface area contributed by atoms with Crippen molar-refractivity contribution >= 4 is 53.1 Å². The number of fused-ring (bicyclic) bond motifs is 1. The summed E-state index contributed by atoms with van der Waals surface area (Å²) in [5.41, 5.74) is 12.5. The zero-order valence-corrected chi connectivity index (χ0v) is 21.6. The molecule has 13 heteroatoms. The summed E-state index contributed by atoms with van der Waals surface area (Å²) in [7, 11) is 0. The van der Waals surface area contributed by atoms with Gasteiger partial charge in [0.1, 0.15) is 18.1 Å². The number of carboxylic acids is 1. The lowest BCUT2D eigenvalue weighted by molar-refractivity contribution is -0.142. The van der Waals surface area contributed by atoms with Crippen LogP contribution >= 0.6 is 12.6 Å². The first-order chi connectivity index (χ1) is 17.5. The van der Waals surface area contributed by atoms with Crippen LogP contribution in [-0.4, -0.2) is 69.6 Å². The third-order valence-corrected chi connectivity index (χ3v) is 6.45. The Hall–Kier alpha value is -3.58. The van der Waals surface area contributed by atoms with Crippen molar-refractivity contribution < 1.29 is 29.1 Å². The molecule has 9 N–H and O–H groups in total. The quantitative estimate of drug-likeness (QED) is 0.148. The van der Waals surface area contributed by atoms with Gasteiger partial charge < -0.3 is 37.5 Å². The van der Waals surface area contributed by atoms with E-state index in [0.717, 1.165) is 16.5 Å². The highest BCUT2D eigenvalue weighted by Gasteiger charge is 2.33. The highest BCUT2D eigenvalue weighted by molar-refractivity contribution is 7.80. The molecule has 2 aromatic rings. The Labute approximate surface area is 219 Å². The van der Waals surface area contributed by atoms with Gasteiger partial charge in [-0.15, -0.1) is 0 Å². The topological polar surface area (TPSA) is 209 Å². The van der Waals surface area contributed by atoms with E-state index in [9.17, 15) is 29.1 Å². The number of carbonyl (C=O) groups excluding carboxylic acids is 4. The van der Waals surface area contributed by atoms with E-state index in [1.807, 2.05) is 31.2 Å². The summed E-state index contributed by atoms with van der Waals surface area (Å²) in [6, 6.07) is 2.64. The second-order valence-corrected chi connectivity index (χ2v) is 9.22. The van der Waals surface area contributed by atoms with Crippen molar-refractivity contribution in [2.75, 3.05) is 5.75 Å². The predicted molar refractivity (Wildman–Crippen MR) is 141 cm³/mol. The number of aromatic amines is 1. The molecule has 0 saturated carbocycles. The summed E-state index contributed by atoms with van der Waals surface area (Å²) in [4.78, 5) is 64.7. The number of benzene rings is 1. The summed E-state index contributed by atoms with van der Waals surface area (Å²) in [5.74, 6) is -4.66. The number of aliphatic carboxylic acids is 1. The fourth-order valence-electron chi connectivity index (χ4n) is 3.72. The van der Waals surface area contributed by atoms with E-state index in [1.165, 1.54) is 0 Å². The third kappa shape index (κ3) is 8.22. The Morgan fingerprint density at radius 2 is 1.68 bits per heavy atom. The van der Waals surface area contributed by atoms with E-state index >= 15 is 0 Å². The molecule has 0 bridgehead atoms. The molecule has 1 heterocycles. The number of para-hydroxylation sites is 1. The van der Waals surface area contributed by atoms with E-state index in [-0.39, 0.29) is 18.1 Å². The lowest BCUT2D eigenvalue weighted by Crippen LogP contribution is -2.59. The summed E-state index contributed by atoms with van der Waals surface area (Å²) in [5, 5.41) is 17.7. The largest absolute Gasteiger partial charge is 0.480 e. The van der Waals surface area contributed by atoms with Gasteiger partial charge in [-0.1, -0.05) is 38.5 Å². The summed E-state index contributed by atoms with van der Waals surface area (Å²) in [6.07, 6.45) is 1.85. The average Bonchev–Trinajstić information content (AvgIpc) is 3.26. The Morgan fingerprint density at radius 1 is 1.03 bits per heavy atom. The SMILES string of the molecule is CCC(C)C(NC(=O)C(Cc1c[nH]c2ccccc12)NC(=O)C(N)CC(N)=O)C(=O)NC(CS)C(=O)O. The number of rotatable bonds is 14. The number of amides is 4. The van der Waals surface area contributed by atoms with Gasteiger partial charge in [-0.2, -0.15) is 12.6 Å². The number of primary amides is 1. The van der Waals surface area contributed by atoms with Gasteiger partial charge >= 0.3 is 5.97 Å². The first kappa shape index (κ1) is 29.6. The van der Waals surface area contributed by atoms with Crippen molar-refractivity contribution in [2.45, 2.75) is 57.3 Å². The zero-order chi connectivity index (χ0) is 27.7. The maximum atomic E-state index is 13.4. The van der Waals surface area contributed by atoms with Crippen molar-refractivity contribution in [2.24, 2.45) is 17.4 Å². The minimum Gasteiger partial charge on any atom is -0.480 e. The van der Waals surface area contributed by atoms with Gasteiger partial charge in [0.15, 0.2) is 0 Å². The van der Waals surface area contributed by atoms with Gasteiger partial charge in [0, 0.05) is 29.3 Å². The van der Waals surface area contributed by atoms with Crippen LogP contribution in [0.3, 0.4) is 0 Å². The van der Waals surface area contributed by atoms with Crippen molar-refractivity contribution in [1.29, 1.82) is 0 Å². The monoisotopic (exact) mass is 534 g/mol. The van der Waals surface area contributed by atoms with Crippen molar-refractivity contribution in [3.8, 4) is 0 Å². The minimum absolute atomic E-state index is 0.0497. The molecule has 2 rings (SSSR count). The van der Waals surface area contributed by atoms with Gasteiger partial charge in [-0.05, 0) is 17.5 Å². The minimum atomic E-state index is -1.27. The van der Waals surface area contributed by atoms with Crippen molar-refractivity contribution in [3.05, 3.63) is 36.0 Å². The standard InChI is InChI=1S/C24H34N6O6S/c1-3-12(2)20(23(34)29-18(11-37)24(35)36)30-22(33)17(28-21(32)15(25)9-19(26)31)8-13-10-27-16-7-5-4-6-14(13)16/h4-7,10,12,15,17-18,20,27,37H,3,8-9,11,25H2,1-2H3,(H2,26,31)(H,28,32)(H,29,34)(H,30,33)(H,35,36). The lowest BCUT2D eigenvalue weighted by atomic mass is 9.96. The Morgan fingerprint density at radius 3 is 2.27 bits per heavy atom. The summed E-state index contributed by atoms with van der Waals surface area (Å²) < 4.78 is 0. The lowest BCUT2D eigenvalue weighted by Gasteiger charge is -2.28. The maximum Gasteiger partial charge on any atom is 0.327 e. The predicted octanol–water partition coefficient (Wildman–Crippen LogP) is -0.572. The molecule has 0 fully saturated rings. The fraction of sp³-hybridized carbons (Fsp3) is 0.458. The van der Waals surface area contributed by atoms with E-state index in [2.05, 4.69) is 33.6 Å². The number of aromatic nitrogens is 1. The van der Waals surface area contributed by atoms with Crippen LogP contribution in [-0.2, 0) is 30.4 Å². The number of hydrogen-bond acceptors (Lipinski definition) is 7. The van der Waals surface area contributed by atoms with Crippen LogP contribution in [0.25, 0.3) is 10.9 Å². The molecule has 202 valence electrons. The Kier molecular flexibility index (Phi) is 10.9. The number of nitrogens with one attached hydrogen (secondary N) is 4. The van der Waals surface area contributed by atoms with Crippen LogP contribution < -0.4 is 27.4 Å². The highest BCUT2D eigenvalue weighted by Crippen LogP contribution is 2.19. The molecule has 0 aliphatic rings. The maximum absolute atomic E-state index is 13.4. The van der Waals surface area contributed by atoms with Gasteiger partial charge in [0.05, 0.1) is 12.5 Å². The number of carbonyl (C=O) groups is 5. The van der Waals surface area contributed by atoms with Gasteiger partial charge in [0.25, 0.3) is 0 Å². The van der Waals surface area contributed by atoms with E-state index in [4.69, 9.17) is 11.5 Å². The molecule has 0 radical (unpaired) electrons. The first-order valence-electron chi connectivity index (χ1n) is 11.8. The summed E-state index contributed by atoms with van der Waals surface area (Å²) >= 11 is 3.96. The summed E-state index contributed by atoms with van der Waals surface area (Å²) in [6.45, 7) is 3.55. The van der Waals surface area contributed by atoms with E-state index in [1.54, 1.807) is 13.1 Å². The molecule has 0 spiro atoms. The average molecular weight is 535 g/mol. The Bertz CT molecular complexity index is 1140. The molecule has 1 aromatic carbocycles. The van der Waals surface area contributed by atoms with Crippen molar-refractivity contribution in [3.63, 3.8) is 0 Å². The van der Waals surface area contributed by atoms with Crippen LogP contribution in [0, 0.1) is 5.92 Å². The number of nitrogens with two attached hydrogens (primary N) is 2. The molecule has 5 atom stereocenters. The molecule has 12 nitrogen and oxygen atoms in total. The molecular formula is C24H34N6O6S. The van der Waals surface area contributed by atoms with Crippen LogP contribution in [0.2, 0.25) is 0 Å². The number of hydrogen-bond donors (Lipinski definition) is 8. The number of H-pyrrole nitrogens is 1. The molecule has 1 aromatic heterocycles. The van der Waals surface area contributed by atoms with Gasteiger partial charge in [-0.25, -0.2) is 4.79 Å². The van der Waals surface area contributed by atoms with E-state index in [0.29, 0.717) is 6.42 Å². The molecule has 0 aliphatic carbocycles. The number of thiol groups is 1. The second kappa shape index (κ2) is 13.7. The second-order valence-electron chi connectivity index (χ2n) is 8.86. The van der Waals surface area contributed by atoms with Crippen LogP contribution in [0.5, 0.6) is 0 Å². The van der Waals surface area contributed by atoms with Crippen LogP contribution in [0.15, 0.2) is 30.5 Å². The zero-order valence-electron chi connectivity index (χ0n) is 20.7. The first-order valence-corrected chi connectivity index (χ1v) is 12.4. The van der Waals surface area contributed by atoms with Crippen molar-refractivity contribution in [1.82, 2.24) is 20.9 Å². The van der Waals surface area contributed by atoms with Crippen LogP contribution in [0.4, 0.5) is 0 Å². The normalized spacial score (nSPS) is 15.1. The fourth-order valence-corrected chi connectivity index (χ4v) is 3.97. The molecule has 0 saturated heterocycles. The molecule has 4 amide bonds. The molecule has 37 heavy (non-hydrogen) atoms. The van der Waals surface area contributed by atoms with E-state index < -0.39 is 60.2 Å². The van der Waals surface area contributed by atoms with Gasteiger partial charge in [0.2, 0.25) is 23.6 Å². The van der Waals surface area contributed by atoms with Crippen LogP contribution in [0.1, 0.15) is 32.3 Å². The highest BCUT2D eigenvalue weighted by atomic mass is 32.1. The van der Waals surface area contributed by atoms with Gasteiger partial charge in [-0.3, -0.25) is 19.2 Å². The number of carboxylic acid groups (broad SMARTS) is 1. The molecule has 0 aliphatic heterocycles. The smallest absolute Gasteiger partial charge is 0.327 e. The molecular weight excluding hydrogens is 500 g/mol. The molecule has 5 unspecified atom stereocenters. The third-order valence-electron chi connectivity index (χ3n) is 6.08. The Balaban J connectivity index is 2.32.